The highest BCUT2D eigenvalue weighted by Gasteiger charge is 2.00. The lowest BCUT2D eigenvalue weighted by Gasteiger charge is -2.21. The quantitative estimate of drug-likeness (QED) is 0.550. The summed E-state index contributed by atoms with van der Waals surface area (Å²) in [4.78, 5) is 12.3. The molecule has 4 heteroatoms. The van der Waals surface area contributed by atoms with E-state index in [0.717, 1.165) is 18.8 Å². The van der Waals surface area contributed by atoms with Gasteiger partial charge in [0, 0.05) is 18.8 Å². The van der Waals surface area contributed by atoms with E-state index in [1.807, 2.05) is 24.3 Å². The third-order valence-electron chi connectivity index (χ3n) is 2.27. The molecule has 0 heterocycles. The van der Waals surface area contributed by atoms with Crippen molar-refractivity contribution in [2.24, 2.45) is 0 Å². The average Bonchev–Trinajstić information content (AvgIpc) is 2.29. The van der Waals surface area contributed by atoms with E-state index < -0.39 is 0 Å². The van der Waals surface area contributed by atoms with Crippen molar-refractivity contribution in [3.63, 3.8) is 0 Å². The largest absolute Gasteiger partial charge is 0.372 e. The van der Waals surface area contributed by atoms with E-state index in [1.165, 1.54) is 5.69 Å². The van der Waals surface area contributed by atoms with Gasteiger partial charge in [0.15, 0.2) is 0 Å². The van der Waals surface area contributed by atoms with E-state index >= 15 is 0 Å². The van der Waals surface area contributed by atoms with Gasteiger partial charge in [-0.2, -0.15) is 0 Å². The molecule has 4 nitrogen and oxygen atoms in total. The van der Waals surface area contributed by atoms with Gasteiger partial charge in [0.1, 0.15) is 0 Å². The first-order valence-corrected chi connectivity index (χ1v) is 5.12. The Kier molecular flexibility index (Phi) is 4.47. The molecule has 15 heavy (non-hydrogen) atoms. The van der Waals surface area contributed by atoms with Crippen LogP contribution in [0.15, 0.2) is 24.3 Å². The van der Waals surface area contributed by atoms with Gasteiger partial charge in [0.2, 0.25) is 6.41 Å². The van der Waals surface area contributed by atoms with Crippen molar-refractivity contribution in [3.05, 3.63) is 24.3 Å². The van der Waals surface area contributed by atoms with Gasteiger partial charge in [0.25, 0.3) is 0 Å². The first kappa shape index (κ1) is 11.4. The van der Waals surface area contributed by atoms with Gasteiger partial charge in [0.05, 0.1) is 5.69 Å². The molecular weight excluding hydrogens is 190 g/mol. The maximum Gasteiger partial charge on any atom is 0.225 e. The highest BCUT2D eigenvalue weighted by atomic mass is 16.1. The minimum Gasteiger partial charge on any atom is -0.372 e. The van der Waals surface area contributed by atoms with Crippen LogP contribution in [0.4, 0.5) is 11.4 Å². The van der Waals surface area contributed by atoms with E-state index in [-0.39, 0.29) is 0 Å². The molecule has 1 aromatic rings. The van der Waals surface area contributed by atoms with Crippen molar-refractivity contribution >= 4 is 17.8 Å². The minimum absolute atomic E-state index is 0.609. The van der Waals surface area contributed by atoms with Crippen molar-refractivity contribution in [1.82, 2.24) is 5.43 Å². The fourth-order valence-corrected chi connectivity index (χ4v) is 1.46. The number of benzene rings is 1. The van der Waals surface area contributed by atoms with Gasteiger partial charge < -0.3 is 4.90 Å². The lowest BCUT2D eigenvalue weighted by Crippen LogP contribution is -2.22. The van der Waals surface area contributed by atoms with Crippen molar-refractivity contribution in [2.75, 3.05) is 23.4 Å². The number of nitrogens with zero attached hydrogens (tertiary/aromatic N) is 1. The molecule has 1 rings (SSSR count). The zero-order valence-corrected chi connectivity index (χ0v) is 9.16. The molecule has 0 atom stereocenters. The molecule has 0 saturated carbocycles. The van der Waals surface area contributed by atoms with E-state index in [0.29, 0.717) is 6.41 Å². The highest BCUT2D eigenvalue weighted by Crippen LogP contribution is 2.16. The van der Waals surface area contributed by atoms with Gasteiger partial charge >= 0.3 is 0 Å². The molecular formula is C11H17N3O. The molecule has 0 bridgehead atoms. The molecule has 0 fully saturated rings. The fraction of sp³-hybridized carbons (Fsp3) is 0.364. The van der Waals surface area contributed by atoms with Crippen LogP contribution in [0.2, 0.25) is 0 Å². The SMILES string of the molecule is CCN(CC)c1ccc(NNC=O)cc1. The van der Waals surface area contributed by atoms with Crippen LogP contribution in [0.5, 0.6) is 0 Å². The summed E-state index contributed by atoms with van der Waals surface area (Å²) in [6.45, 7) is 6.25. The standard InChI is InChI=1S/C11H17N3O/c1-3-14(4-2)11-7-5-10(6-8-11)13-12-9-15/h5-9,13H,3-4H2,1-2H3,(H,12,15). The molecule has 0 radical (unpaired) electrons. The Balaban J connectivity index is 2.66. The molecule has 2 N–H and O–H groups in total. The second-order valence-electron chi connectivity index (χ2n) is 3.11. The topological polar surface area (TPSA) is 44.4 Å². The van der Waals surface area contributed by atoms with Gasteiger partial charge in [-0.3, -0.25) is 15.6 Å². The normalized spacial score (nSPS) is 9.47. The van der Waals surface area contributed by atoms with Crippen LogP contribution in [0.3, 0.4) is 0 Å². The van der Waals surface area contributed by atoms with Crippen LogP contribution >= 0.6 is 0 Å². The monoisotopic (exact) mass is 207 g/mol. The minimum atomic E-state index is 0.609. The van der Waals surface area contributed by atoms with Gasteiger partial charge in [-0.1, -0.05) is 0 Å². The average molecular weight is 207 g/mol. The fourth-order valence-electron chi connectivity index (χ4n) is 1.46. The Hall–Kier alpha value is -1.71. The molecule has 0 aliphatic rings. The molecule has 1 aromatic carbocycles. The number of nitrogens with one attached hydrogen (secondary N) is 2. The molecule has 0 aliphatic heterocycles. The van der Waals surface area contributed by atoms with Gasteiger partial charge in [-0.15, -0.1) is 0 Å². The third-order valence-corrected chi connectivity index (χ3v) is 2.27. The molecule has 0 spiro atoms. The van der Waals surface area contributed by atoms with Crippen molar-refractivity contribution in [2.45, 2.75) is 13.8 Å². The van der Waals surface area contributed by atoms with Crippen LogP contribution in [-0.2, 0) is 4.79 Å². The number of carbonyl (C=O) groups is 1. The summed E-state index contributed by atoms with van der Waals surface area (Å²) in [7, 11) is 0. The zero-order valence-electron chi connectivity index (χ0n) is 9.16. The van der Waals surface area contributed by atoms with Crippen LogP contribution in [0.25, 0.3) is 0 Å². The van der Waals surface area contributed by atoms with Crippen molar-refractivity contribution in [1.29, 1.82) is 0 Å². The van der Waals surface area contributed by atoms with E-state index in [2.05, 4.69) is 29.6 Å². The number of carbonyl (C=O) groups excluding carboxylic acids is 1. The van der Waals surface area contributed by atoms with Gasteiger partial charge in [-0.25, -0.2) is 0 Å². The summed E-state index contributed by atoms with van der Waals surface area (Å²) in [5.41, 5.74) is 7.22. The predicted molar refractivity (Wildman–Crippen MR) is 62.8 cm³/mol. The summed E-state index contributed by atoms with van der Waals surface area (Å²) in [6, 6.07) is 7.93. The second kappa shape index (κ2) is 5.90. The number of rotatable bonds is 6. The molecule has 82 valence electrons. The van der Waals surface area contributed by atoms with Crippen LogP contribution in [-0.4, -0.2) is 19.5 Å². The first-order valence-electron chi connectivity index (χ1n) is 5.12. The lowest BCUT2D eigenvalue weighted by molar-refractivity contribution is -0.109. The highest BCUT2D eigenvalue weighted by molar-refractivity contribution is 5.57. The molecule has 1 amide bonds. The summed E-state index contributed by atoms with van der Waals surface area (Å²) in [5.74, 6) is 0. The Labute approximate surface area is 90.2 Å². The first-order chi connectivity index (χ1) is 7.31. The Morgan fingerprint density at radius 1 is 1.20 bits per heavy atom. The zero-order chi connectivity index (χ0) is 11.1. The second-order valence-corrected chi connectivity index (χ2v) is 3.11. The van der Waals surface area contributed by atoms with Crippen LogP contribution < -0.4 is 15.8 Å². The van der Waals surface area contributed by atoms with E-state index in [4.69, 9.17) is 0 Å². The Bertz CT molecular complexity index is 293. The Morgan fingerprint density at radius 2 is 1.80 bits per heavy atom. The summed E-state index contributed by atoms with van der Waals surface area (Å²) < 4.78 is 0. The van der Waals surface area contributed by atoms with E-state index in [9.17, 15) is 4.79 Å². The number of hydrogen-bond acceptors (Lipinski definition) is 3. The lowest BCUT2D eigenvalue weighted by atomic mass is 10.2. The summed E-state index contributed by atoms with van der Waals surface area (Å²) in [5, 5.41) is 0. The van der Waals surface area contributed by atoms with E-state index in [1.54, 1.807) is 0 Å². The Morgan fingerprint density at radius 3 is 2.27 bits per heavy atom. The molecule has 0 unspecified atom stereocenters. The van der Waals surface area contributed by atoms with Crippen molar-refractivity contribution < 1.29 is 4.79 Å². The number of amides is 1. The number of anilines is 2. The van der Waals surface area contributed by atoms with Gasteiger partial charge in [-0.05, 0) is 38.1 Å². The maximum atomic E-state index is 10.1. The van der Waals surface area contributed by atoms with Crippen LogP contribution in [0.1, 0.15) is 13.8 Å². The maximum absolute atomic E-state index is 10.1. The number of hydrogen-bond donors (Lipinski definition) is 2. The molecule has 0 aromatic heterocycles. The third kappa shape index (κ3) is 3.16. The van der Waals surface area contributed by atoms with Crippen LogP contribution in [0, 0.1) is 0 Å². The molecule has 0 saturated heterocycles. The number of hydrazine groups is 1. The smallest absolute Gasteiger partial charge is 0.225 e. The van der Waals surface area contributed by atoms with Crippen molar-refractivity contribution in [3.8, 4) is 0 Å². The summed E-state index contributed by atoms with van der Waals surface area (Å²) in [6.07, 6.45) is 0.609. The predicted octanol–water partition coefficient (Wildman–Crippen LogP) is 1.61. The molecule has 0 aliphatic carbocycles. The summed E-state index contributed by atoms with van der Waals surface area (Å²) >= 11 is 0.